The first kappa shape index (κ1) is 9.21. The Morgan fingerprint density at radius 1 is 1.00 bits per heavy atom. The number of benzene rings is 1. The summed E-state index contributed by atoms with van der Waals surface area (Å²) in [5.74, 6) is 0. The molecule has 0 radical (unpaired) electrons. The molecule has 0 amide bonds. The number of hydrogen-bond donors (Lipinski definition) is 0. The van der Waals surface area contributed by atoms with Crippen LogP contribution in [-0.4, -0.2) is 4.98 Å². The number of hydrogen-bond acceptors (Lipinski definition) is 3. The van der Waals surface area contributed by atoms with E-state index in [0.717, 1.165) is 16.4 Å². The van der Waals surface area contributed by atoms with Gasteiger partial charge in [0.15, 0.2) is 11.7 Å². The zero-order valence-corrected chi connectivity index (χ0v) is 8.96. The second-order valence-corrected chi connectivity index (χ2v) is 3.89. The second-order valence-electron chi connectivity index (χ2n) is 3.89. The van der Waals surface area contributed by atoms with Crippen molar-refractivity contribution >= 4 is 0 Å². The summed E-state index contributed by atoms with van der Waals surface area (Å²) in [6.45, 7) is 2.07. The predicted octanol–water partition coefficient (Wildman–Crippen LogP) is 1.34. The summed E-state index contributed by atoms with van der Waals surface area (Å²) in [6, 6.07) is 12.1. The van der Waals surface area contributed by atoms with E-state index in [0.29, 0.717) is 0 Å². The van der Waals surface area contributed by atoms with Crippen molar-refractivity contribution in [1.29, 1.82) is 0 Å². The number of nitrogens with zero attached hydrogens (tertiary/aromatic N) is 3. The smallest absolute Gasteiger partial charge is 0.175 e. The zero-order chi connectivity index (χ0) is 11.0. The zero-order valence-electron chi connectivity index (χ0n) is 8.96. The highest BCUT2D eigenvalue weighted by atomic mass is 15.1. The number of aryl methyl sites for hydroxylation is 1. The van der Waals surface area contributed by atoms with Crippen molar-refractivity contribution in [3.8, 4) is 0 Å². The second kappa shape index (κ2) is 3.52. The topological polar surface area (TPSA) is 37.6 Å². The van der Waals surface area contributed by atoms with Crippen molar-refractivity contribution < 1.29 is 0 Å². The summed E-state index contributed by atoms with van der Waals surface area (Å²) < 4.78 is 0. The minimum absolute atomic E-state index is 0.120. The van der Waals surface area contributed by atoms with Crippen LogP contribution in [0.25, 0.3) is 0 Å². The first-order valence-corrected chi connectivity index (χ1v) is 5.26. The Bertz CT molecular complexity index is 594. The fourth-order valence-electron chi connectivity index (χ4n) is 1.75. The van der Waals surface area contributed by atoms with Crippen molar-refractivity contribution in [3.63, 3.8) is 0 Å². The molecule has 1 aliphatic heterocycles. The van der Waals surface area contributed by atoms with Gasteiger partial charge in [0.2, 0.25) is 0 Å². The third-order valence-electron chi connectivity index (χ3n) is 2.65. The van der Waals surface area contributed by atoms with Gasteiger partial charge < -0.3 is 0 Å². The number of fused-ring (bicyclic) bond motifs is 1. The molecule has 3 rings (SSSR count). The van der Waals surface area contributed by atoms with Crippen molar-refractivity contribution in [1.82, 2.24) is 4.98 Å². The molecule has 1 unspecified atom stereocenters. The van der Waals surface area contributed by atoms with Crippen LogP contribution in [0.5, 0.6) is 0 Å². The molecule has 2 aromatic rings. The monoisotopic (exact) mass is 209 g/mol. The fraction of sp³-hybridized carbons (Fsp3) is 0.154. The van der Waals surface area contributed by atoms with Crippen LogP contribution < -0.4 is 10.8 Å². The largest absolute Gasteiger partial charge is 0.250 e. The lowest BCUT2D eigenvalue weighted by Crippen LogP contribution is -2.23. The van der Waals surface area contributed by atoms with Gasteiger partial charge in [-0.2, -0.15) is 0 Å². The van der Waals surface area contributed by atoms with E-state index in [2.05, 4.69) is 46.2 Å². The molecule has 78 valence electrons. The highest BCUT2D eigenvalue weighted by Crippen LogP contribution is 2.19. The van der Waals surface area contributed by atoms with Crippen LogP contribution in [-0.2, 0) is 0 Å². The van der Waals surface area contributed by atoms with Crippen molar-refractivity contribution in [2.45, 2.75) is 13.1 Å². The summed E-state index contributed by atoms with van der Waals surface area (Å²) in [5.41, 5.74) is 3.11. The third kappa shape index (κ3) is 1.50. The molecule has 0 N–H and O–H groups in total. The molecule has 1 aliphatic rings. The lowest BCUT2D eigenvalue weighted by Gasteiger charge is -2.03. The van der Waals surface area contributed by atoms with Gasteiger partial charge in [-0.1, -0.05) is 29.8 Å². The molecule has 0 spiro atoms. The lowest BCUT2D eigenvalue weighted by molar-refractivity contribution is 0.767. The molecule has 0 saturated heterocycles. The molecule has 1 atom stereocenters. The fourth-order valence-corrected chi connectivity index (χ4v) is 1.75. The Kier molecular flexibility index (Phi) is 2.03. The number of pyridine rings is 1. The van der Waals surface area contributed by atoms with Gasteiger partial charge in [-0.3, -0.25) is 0 Å². The van der Waals surface area contributed by atoms with E-state index in [1.54, 1.807) is 6.20 Å². The molecule has 0 bridgehead atoms. The average Bonchev–Trinajstić information content (AvgIpc) is 2.73. The van der Waals surface area contributed by atoms with Crippen LogP contribution in [0, 0.1) is 6.92 Å². The summed E-state index contributed by atoms with van der Waals surface area (Å²) in [7, 11) is 0. The predicted molar refractivity (Wildman–Crippen MR) is 60.5 cm³/mol. The Labute approximate surface area is 93.2 Å². The third-order valence-corrected chi connectivity index (χ3v) is 2.65. The molecular formula is C13H11N3. The Morgan fingerprint density at radius 2 is 1.81 bits per heavy atom. The van der Waals surface area contributed by atoms with E-state index in [1.807, 2.05) is 12.1 Å². The molecule has 16 heavy (non-hydrogen) atoms. The quantitative estimate of drug-likeness (QED) is 0.698. The first-order valence-electron chi connectivity index (χ1n) is 5.26. The van der Waals surface area contributed by atoms with Crippen LogP contribution in [0.1, 0.15) is 17.3 Å². The van der Waals surface area contributed by atoms with Gasteiger partial charge in [0.1, 0.15) is 5.36 Å². The van der Waals surface area contributed by atoms with E-state index in [9.17, 15) is 0 Å². The van der Waals surface area contributed by atoms with Gasteiger partial charge in [-0.05, 0) is 24.6 Å². The Balaban J connectivity index is 2.07. The summed E-state index contributed by atoms with van der Waals surface area (Å²) in [6.07, 6.45) is 1.63. The number of rotatable bonds is 1. The Morgan fingerprint density at radius 3 is 2.56 bits per heavy atom. The minimum atomic E-state index is -0.120. The maximum atomic E-state index is 4.52. The average molecular weight is 209 g/mol. The molecule has 3 nitrogen and oxygen atoms in total. The minimum Gasteiger partial charge on any atom is -0.250 e. The highest BCUT2D eigenvalue weighted by molar-refractivity contribution is 5.24. The van der Waals surface area contributed by atoms with Crippen LogP contribution in [0.15, 0.2) is 52.6 Å². The van der Waals surface area contributed by atoms with Gasteiger partial charge >= 0.3 is 0 Å². The van der Waals surface area contributed by atoms with Crippen LogP contribution >= 0.6 is 0 Å². The van der Waals surface area contributed by atoms with Crippen LogP contribution in [0.2, 0.25) is 0 Å². The first-order chi connectivity index (χ1) is 7.83. The molecule has 3 heteroatoms. The number of aromatic nitrogens is 1. The summed E-state index contributed by atoms with van der Waals surface area (Å²) in [5, 5.41) is 0.882. The van der Waals surface area contributed by atoms with Gasteiger partial charge in [-0.15, -0.1) is 0 Å². The maximum absolute atomic E-state index is 4.52. The maximum Gasteiger partial charge on any atom is 0.175 e. The van der Waals surface area contributed by atoms with E-state index in [-0.39, 0.29) is 6.17 Å². The molecule has 0 fully saturated rings. The van der Waals surface area contributed by atoms with Crippen molar-refractivity contribution in [2.24, 2.45) is 9.98 Å². The standard InChI is InChI=1S/C13H11N3/c1-9-4-6-10(7-5-9)12-15-11-3-2-8-14-13(11)16-12/h2-8,12H,1H3. The van der Waals surface area contributed by atoms with E-state index in [1.165, 1.54) is 5.56 Å². The molecule has 0 saturated carbocycles. The van der Waals surface area contributed by atoms with Crippen molar-refractivity contribution in [2.75, 3.05) is 0 Å². The van der Waals surface area contributed by atoms with Crippen molar-refractivity contribution in [3.05, 3.63) is 64.6 Å². The van der Waals surface area contributed by atoms with Crippen LogP contribution in [0.3, 0.4) is 0 Å². The van der Waals surface area contributed by atoms with Crippen LogP contribution in [0.4, 0.5) is 0 Å². The Hall–Kier alpha value is -2.03. The SMILES string of the molecule is Cc1ccc(C2N=c3cccnc3=N2)cc1. The van der Waals surface area contributed by atoms with E-state index in [4.69, 9.17) is 0 Å². The normalized spacial score (nSPS) is 17.4. The van der Waals surface area contributed by atoms with Gasteiger partial charge in [0.25, 0.3) is 0 Å². The molecule has 2 heterocycles. The molecular weight excluding hydrogens is 198 g/mol. The summed E-state index contributed by atoms with van der Waals surface area (Å²) >= 11 is 0. The summed E-state index contributed by atoms with van der Waals surface area (Å²) in [4.78, 5) is 13.2. The highest BCUT2D eigenvalue weighted by Gasteiger charge is 2.12. The van der Waals surface area contributed by atoms with E-state index >= 15 is 0 Å². The lowest BCUT2D eigenvalue weighted by atomic mass is 10.1. The van der Waals surface area contributed by atoms with E-state index < -0.39 is 0 Å². The van der Waals surface area contributed by atoms with Gasteiger partial charge in [0.05, 0.1) is 0 Å². The molecule has 1 aromatic carbocycles. The van der Waals surface area contributed by atoms with Gasteiger partial charge in [0, 0.05) is 6.20 Å². The molecule has 0 aliphatic carbocycles. The van der Waals surface area contributed by atoms with Gasteiger partial charge in [-0.25, -0.2) is 15.0 Å². The molecule has 1 aromatic heterocycles.